The quantitative estimate of drug-likeness (QED) is 0.00478. The Balaban J connectivity index is 1.10. The number of benzene rings is 7. The first-order valence-electron chi connectivity index (χ1n) is 28.4. The zero-order valence-corrected chi connectivity index (χ0v) is 54.5. The molecule has 9 aromatic rings. The Labute approximate surface area is 579 Å². The van der Waals surface area contributed by atoms with Gasteiger partial charge in [-0.1, -0.05) is 10.1 Å². The van der Waals surface area contributed by atoms with E-state index in [1.165, 1.54) is 40.1 Å². The predicted octanol–water partition coefficient (Wildman–Crippen LogP) is 6.93. The molecule has 7 aromatic carbocycles. The lowest BCUT2D eigenvalue weighted by molar-refractivity contribution is -0.432. The van der Waals surface area contributed by atoms with E-state index >= 15 is 0 Å². The number of carboxylic acids is 3. The van der Waals surface area contributed by atoms with Crippen molar-refractivity contribution in [1.82, 2.24) is 29.9 Å². The van der Waals surface area contributed by atoms with Crippen molar-refractivity contribution in [2.45, 2.75) is 19.6 Å². The summed E-state index contributed by atoms with van der Waals surface area (Å²) in [6.07, 6.45) is 0. The molecule has 0 aliphatic heterocycles. The number of aromatic carboxylic acids is 3. The maximum absolute atomic E-state index is 12.8. The topological polar surface area (TPSA) is 630 Å². The van der Waals surface area contributed by atoms with E-state index in [4.69, 9.17) is 15.3 Å². The minimum atomic E-state index is -5.10. The third-order valence-corrected chi connectivity index (χ3v) is 16.5. The molecular weight excluding hydrogens is 1440 g/mol. The van der Waals surface area contributed by atoms with Gasteiger partial charge in [-0.3, -0.25) is 9.11 Å². The van der Waals surface area contributed by atoms with Gasteiger partial charge in [0, 0.05) is 54.4 Å². The van der Waals surface area contributed by atoms with Gasteiger partial charge in [-0.05, 0) is 102 Å². The van der Waals surface area contributed by atoms with Crippen LogP contribution in [0.1, 0.15) is 31.1 Å². The number of azo groups is 2. The number of phenolic OH excluding ortho intramolecular Hbond substituents is 2. The lowest BCUT2D eigenvalue weighted by atomic mass is 10.1. The molecule has 2 heterocycles. The fraction of sp³-hybridized carbons (Fsp3) is 0.161. The molecule has 46 heteroatoms. The second-order valence-electron chi connectivity index (χ2n) is 20.3. The van der Waals surface area contributed by atoms with Crippen molar-refractivity contribution >= 4 is 165 Å². The van der Waals surface area contributed by atoms with Gasteiger partial charge >= 0.3 is 17.9 Å². The number of nitrogens with one attached hydrogen (secondary N) is 4. The fourth-order valence-electron chi connectivity index (χ4n) is 9.37. The van der Waals surface area contributed by atoms with E-state index in [1.807, 2.05) is 0 Å². The van der Waals surface area contributed by atoms with Crippen molar-refractivity contribution in [2.24, 2.45) is 20.5 Å². The molecule has 536 valence electrons. The van der Waals surface area contributed by atoms with Gasteiger partial charge < -0.3 is 86.9 Å². The molecule has 0 spiro atoms. The highest BCUT2D eigenvalue weighted by Gasteiger charge is 2.27. The number of aliphatic hydroxyl groups is 5. The summed E-state index contributed by atoms with van der Waals surface area (Å²) in [7, 11) is -10.2. The molecular formula is C56H52N16O26S4. The Hall–Kier alpha value is -11.0. The Morgan fingerprint density at radius 3 is 1.18 bits per heavy atom. The molecule has 0 unspecified atom stereocenters. The first kappa shape index (κ1) is 75.2. The molecule has 2 aromatic heterocycles. The fourth-order valence-corrected chi connectivity index (χ4v) is 11.4. The number of phenols is 2. The normalized spacial score (nSPS) is 11.8. The van der Waals surface area contributed by atoms with Crippen LogP contribution >= 0.6 is 24.1 Å². The number of hydrogen-bond acceptors (Lipinski definition) is 39. The van der Waals surface area contributed by atoms with E-state index < -0.39 is 127 Å². The maximum atomic E-state index is 12.8. The van der Waals surface area contributed by atoms with Gasteiger partial charge in [-0.15, -0.1) is 18.9 Å². The minimum Gasteiger partial charge on any atom is -0.505 e. The number of anilines is 10. The molecule has 102 heavy (non-hydrogen) atoms. The number of nitrogens with zero attached hydrogens (tertiary/aromatic N) is 12. The molecule has 0 aliphatic carbocycles. The van der Waals surface area contributed by atoms with Crippen LogP contribution < -0.4 is 35.8 Å². The van der Waals surface area contributed by atoms with Crippen molar-refractivity contribution in [3.63, 3.8) is 0 Å². The average molecular weight is 1490 g/mol. The molecule has 0 aliphatic rings. The Bertz CT molecular complexity index is 4910. The molecule has 0 saturated carbocycles. The maximum Gasteiger partial charge on any atom is 0.335 e. The number of rotatable bonds is 35. The highest BCUT2D eigenvalue weighted by atomic mass is 32.2. The number of carbonyl (C=O) groups is 3. The number of aliphatic hydroxyl groups excluding tert-OH is 5. The van der Waals surface area contributed by atoms with E-state index in [9.17, 15) is 91.4 Å². The van der Waals surface area contributed by atoms with Gasteiger partial charge in [-0.2, -0.15) is 57.0 Å². The highest BCUT2D eigenvalue weighted by molar-refractivity contribution is 7.95. The second-order valence-corrected chi connectivity index (χ2v) is 24.6. The van der Waals surface area contributed by atoms with Gasteiger partial charge in [0.15, 0.2) is 18.3 Å². The van der Waals surface area contributed by atoms with Crippen LogP contribution in [0.2, 0.25) is 0 Å². The number of aromatic hydroxyl groups is 2. The summed E-state index contributed by atoms with van der Waals surface area (Å²) in [6.45, 7) is -3.55. The van der Waals surface area contributed by atoms with Crippen molar-refractivity contribution in [1.29, 1.82) is 0 Å². The SMILES string of the molecule is O=C(O)c1cc(N=Nc2c(SOOO)cc3cc(S(=O)(=O)O)cc(Nc4nc(Nc5ccc(Nc6nc(Nc7cc(S(=O)(=O)O)cc8cc(SOOO)c(N=Nc9cc(C(=O)O)cc(C(=O)O)c9)c(O)c78)nc(N(CCO)CCO)n6)cc5)nc(N(CCO)CCO)n4)c3c2O)cc(OCO)c1. The molecule has 18 N–H and O–H groups in total. The number of fused-ring (bicyclic) bond motifs is 2. The first-order valence-corrected chi connectivity index (χ1v) is 32.7. The van der Waals surface area contributed by atoms with E-state index in [0.717, 1.165) is 66.7 Å². The lowest BCUT2D eigenvalue weighted by Gasteiger charge is -2.22. The molecule has 0 radical (unpaired) electrons. The summed E-state index contributed by atoms with van der Waals surface area (Å²) in [5.41, 5.74) is -3.21. The van der Waals surface area contributed by atoms with E-state index in [-0.39, 0.29) is 151 Å². The summed E-state index contributed by atoms with van der Waals surface area (Å²) >= 11 is 0.422. The van der Waals surface area contributed by atoms with Crippen LogP contribution in [0, 0.1) is 0 Å². The third-order valence-electron chi connectivity index (χ3n) is 13.6. The molecule has 42 nitrogen and oxygen atoms in total. The van der Waals surface area contributed by atoms with Crippen molar-refractivity contribution in [2.75, 3.05) is 90.5 Å². The van der Waals surface area contributed by atoms with Crippen molar-refractivity contribution in [3.05, 3.63) is 114 Å². The van der Waals surface area contributed by atoms with Crippen molar-refractivity contribution in [3.8, 4) is 17.2 Å². The van der Waals surface area contributed by atoms with Crippen LogP contribution in [0.5, 0.6) is 17.2 Å². The first-order chi connectivity index (χ1) is 48.7. The molecule has 0 bridgehead atoms. The molecule has 0 atom stereocenters. The molecule has 9 rings (SSSR count). The lowest BCUT2D eigenvalue weighted by Crippen LogP contribution is -2.31. The Morgan fingerprint density at radius 1 is 0.471 bits per heavy atom. The minimum absolute atomic E-state index is 0.149. The summed E-state index contributed by atoms with van der Waals surface area (Å²) < 4.78 is 86.2. The van der Waals surface area contributed by atoms with E-state index in [1.54, 1.807) is 0 Å². The molecule has 0 fully saturated rings. The predicted molar refractivity (Wildman–Crippen MR) is 354 cm³/mol. The van der Waals surface area contributed by atoms with Gasteiger partial charge in [0.25, 0.3) is 20.2 Å². The van der Waals surface area contributed by atoms with Gasteiger partial charge in [0.2, 0.25) is 35.7 Å². The Morgan fingerprint density at radius 2 is 0.833 bits per heavy atom. The third kappa shape index (κ3) is 18.7. The van der Waals surface area contributed by atoms with Gasteiger partial charge in [-0.25, -0.2) is 24.9 Å². The highest BCUT2D eigenvalue weighted by Crippen LogP contribution is 2.50. The van der Waals surface area contributed by atoms with Crippen LogP contribution in [0.3, 0.4) is 0 Å². The zero-order valence-electron chi connectivity index (χ0n) is 51.3. The standard InChI is InChI=1S/C56H52N16O26S4/c73-9-5-71(6-10-74)55-63-51(61-53(65-55)59-38-23-36(101(88,89)90)18-26-20-40(99-97-95-86)44(46(78)42(26)38)69-67-33-14-28(48(80)81)13-29(15-33)49(82)83)57-31-1-3-32(4-2-31)58-52-62-54(66-56(64-52)72(7-11-75)8-12-76)60-39-24-37(102(91,92)93)19-27-21-41(100-98-96-87)45(47(79)43(27)39)70-68-34-16-30(50(84)85)17-35(22-34)94-25-77/h1-4,13-24,73-79,86-87H,5-12,25H2,(H,80,81)(H,82,83)(H,84,85)(H,88,89,90)(H,91,92,93)(H2,57,59,61,63,65)(H2,58,60,62,64,66). The van der Waals surface area contributed by atoms with Crippen LogP contribution in [0.4, 0.5) is 81.2 Å². The largest absolute Gasteiger partial charge is 0.505 e. The number of hydrogen-bond donors (Lipinski definition) is 18. The van der Waals surface area contributed by atoms with Gasteiger partial charge in [0.1, 0.15) is 17.1 Å². The van der Waals surface area contributed by atoms with Crippen LogP contribution in [-0.2, 0) is 39.0 Å². The molecule has 0 saturated heterocycles. The Kier molecular flexibility index (Phi) is 24.6. The average Bonchev–Trinajstić information content (AvgIpc) is 0.761. The van der Waals surface area contributed by atoms with Crippen LogP contribution in [-0.4, -0.2) is 195 Å². The second kappa shape index (κ2) is 33.4. The summed E-state index contributed by atoms with van der Waals surface area (Å²) in [5.74, 6) is -8.15. The molecule has 0 amide bonds. The van der Waals surface area contributed by atoms with E-state index in [2.05, 4.69) is 90.4 Å². The summed E-state index contributed by atoms with van der Waals surface area (Å²) in [5, 5.41) is 155. The number of carboxylic acid groups (broad SMARTS) is 3. The van der Waals surface area contributed by atoms with Crippen LogP contribution in [0.15, 0.2) is 137 Å². The monoisotopic (exact) mass is 1490 g/mol. The summed E-state index contributed by atoms with van der Waals surface area (Å²) in [4.78, 5) is 63.0. The van der Waals surface area contributed by atoms with Crippen molar-refractivity contribution < 1.29 is 125 Å². The van der Waals surface area contributed by atoms with Crippen LogP contribution in [0.25, 0.3) is 21.5 Å². The van der Waals surface area contributed by atoms with Gasteiger partial charge in [0.05, 0.1) is 110 Å². The van der Waals surface area contributed by atoms with E-state index in [0.29, 0.717) is 0 Å². The number of aromatic nitrogens is 6. The number of ether oxygens (including phenoxy) is 1. The smallest absolute Gasteiger partial charge is 0.335 e. The zero-order chi connectivity index (χ0) is 73.6. The summed E-state index contributed by atoms with van der Waals surface area (Å²) in [6, 6.07) is 17.8.